The van der Waals surface area contributed by atoms with Crippen LogP contribution >= 0.6 is 11.6 Å². The topological polar surface area (TPSA) is 82.2 Å². The van der Waals surface area contributed by atoms with E-state index in [4.69, 9.17) is 20.9 Å². The van der Waals surface area contributed by atoms with Crippen molar-refractivity contribution in [3.8, 4) is 0 Å². The quantitative estimate of drug-likeness (QED) is 0.895. The van der Waals surface area contributed by atoms with Crippen LogP contribution in [0.25, 0.3) is 0 Å². The third-order valence-corrected chi connectivity index (χ3v) is 4.79. The highest BCUT2D eigenvalue weighted by molar-refractivity contribution is 6.31. The number of halogens is 1. The first-order chi connectivity index (χ1) is 11.6. The van der Waals surface area contributed by atoms with Crippen molar-refractivity contribution in [2.24, 2.45) is 13.0 Å². The first-order valence-electron chi connectivity index (χ1n) is 8.17. The fourth-order valence-electron chi connectivity index (χ4n) is 3.05. The SMILES string of the molecule is Cn1cc(Cl)cc1C(=O)NC[C@@H]1CCO[C@@H]1c1nc(C2CC2)no1. The largest absolute Gasteiger partial charge is 0.368 e. The fourth-order valence-corrected chi connectivity index (χ4v) is 3.30. The van der Waals surface area contributed by atoms with E-state index in [-0.39, 0.29) is 17.9 Å². The Morgan fingerprint density at radius 2 is 2.29 bits per heavy atom. The summed E-state index contributed by atoms with van der Waals surface area (Å²) in [5.74, 6) is 1.72. The molecule has 2 aromatic rings. The number of aryl methyl sites for hydroxylation is 1. The average Bonchev–Trinajstić information content (AvgIpc) is 2.97. The Morgan fingerprint density at radius 3 is 3.00 bits per heavy atom. The summed E-state index contributed by atoms with van der Waals surface area (Å²) in [7, 11) is 1.79. The van der Waals surface area contributed by atoms with E-state index in [1.807, 2.05) is 0 Å². The van der Waals surface area contributed by atoms with Crippen LogP contribution in [0.4, 0.5) is 0 Å². The number of ether oxygens (including phenoxy) is 1. The van der Waals surface area contributed by atoms with Gasteiger partial charge in [0.15, 0.2) is 5.82 Å². The summed E-state index contributed by atoms with van der Waals surface area (Å²) >= 11 is 5.92. The maximum Gasteiger partial charge on any atom is 0.267 e. The summed E-state index contributed by atoms with van der Waals surface area (Å²) in [6.07, 6.45) is 4.56. The van der Waals surface area contributed by atoms with Crippen LogP contribution in [0.15, 0.2) is 16.8 Å². The molecule has 0 bridgehead atoms. The molecule has 8 heteroatoms. The number of rotatable bonds is 5. The lowest BCUT2D eigenvalue weighted by molar-refractivity contribution is 0.0612. The number of carbonyl (C=O) groups is 1. The van der Waals surface area contributed by atoms with Crippen molar-refractivity contribution < 1.29 is 14.1 Å². The molecule has 0 radical (unpaired) electrons. The van der Waals surface area contributed by atoms with Crippen LogP contribution in [-0.2, 0) is 11.8 Å². The number of carbonyl (C=O) groups excluding carboxylic acids is 1. The predicted molar refractivity (Wildman–Crippen MR) is 85.8 cm³/mol. The molecule has 0 aromatic carbocycles. The summed E-state index contributed by atoms with van der Waals surface area (Å²) in [5.41, 5.74) is 0.532. The molecular formula is C16H19ClN4O3. The van der Waals surface area contributed by atoms with Crippen molar-refractivity contribution in [1.29, 1.82) is 0 Å². The first-order valence-corrected chi connectivity index (χ1v) is 8.55. The van der Waals surface area contributed by atoms with Gasteiger partial charge in [0.05, 0.1) is 5.02 Å². The molecule has 2 atom stereocenters. The fraction of sp³-hybridized carbons (Fsp3) is 0.562. The number of amides is 1. The van der Waals surface area contributed by atoms with Gasteiger partial charge in [0.25, 0.3) is 11.8 Å². The summed E-state index contributed by atoms with van der Waals surface area (Å²) < 4.78 is 12.8. The Balaban J connectivity index is 1.39. The number of nitrogens with zero attached hydrogens (tertiary/aromatic N) is 3. The Bertz CT molecular complexity index is 752. The normalized spacial score (nSPS) is 23.6. The second kappa shape index (κ2) is 6.22. The van der Waals surface area contributed by atoms with E-state index in [0.717, 1.165) is 25.1 Å². The molecule has 0 spiro atoms. The molecule has 2 aliphatic rings. The Labute approximate surface area is 144 Å². The summed E-state index contributed by atoms with van der Waals surface area (Å²) in [6, 6.07) is 1.65. The Morgan fingerprint density at radius 1 is 1.46 bits per heavy atom. The van der Waals surface area contributed by atoms with E-state index in [1.54, 1.807) is 23.9 Å². The van der Waals surface area contributed by atoms with Gasteiger partial charge in [0, 0.05) is 38.2 Å². The molecule has 1 aliphatic carbocycles. The lowest BCUT2D eigenvalue weighted by Gasteiger charge is -2.15. The van der Waals surface area contributed by atoms with Crippen LogP contribution < -0.4 is 5.32 Å². The smallest absolute Gasteiger partial charge is 0.267 e. The molecule has 2 aromatic heterocycles. The van der Waals surface area contributed by atoms with E-state index < -0.39 is 0 Å². The first kappa shape index (κ1) is 15.7. The predicted octanol–water partition coefficient (Wildman–Crippen LogP) is 2.45. The van der Waals surface area contributed by atoms with Gasteiger partial charge in [-0.05, 0) is 25.3 Å². The van der Waals surface area contributed by atoms with Crippen molar-refractivity contribution in [1.82, 2.24) is 20.0 Å². The monoisotopic (exact) mass is 350 g/mol. The number of hydrogen-bond donors (Lipinski definition) is 1. The van der Waals surface area contributed by atoms with Gasteiger partial charge in [0.1, 0.15) is 11.8 Å². The van der Waals surface area contributed by atoms with Crippen LogP contribution in [0.1, 0.15) is 53.5 Å². The molecule has 1 aliphatic heterocycles. The Kier molecular flexibility index (Phi) is 4.05. The molecule has 4 rings (SSSR count). The number of aromatic nitrogens is 3. The second-order valence-electron chi connectivity index (χ2n) is 6.47. The van der Waals surface area contributed by atoms with Gasteiger partial charge in [0.2, 0.25) is 0 Å². The van der Waals surface area contributed by atoms with Gasteiger partial charge < -0.3 is 19.1 Å². The number of hydrogen-bond acceptors (Lipinski definition) is 5. The molecule has 3 heterocycles. The molecule has 2 fully saturated rings. The van der Waals surface area contributed by atoms with E-state index in [0.29, 0.717) is 35.7 Å². The van der Waals surface area contributed by atoms with Crippen molar-refractivity contribution in [2.75, 3.05) is 13.2 Å². The van der Waals surface area contributed by atoms with Crippen molar-refractivity contribution >= 4 is 17.5 Å². The van der Waals surface area contributed by atoms with E-state index in [2.05, 4.69) is 15.5 Å². The standard InChI is InChI=1S/C16H19ClN4O3/c1-21-8-11(17)6-12(21)15(22)18-7-10-4-5-23-13(10)16-19-14(20-24-16)9-2-3-9/h6,8-10,13H,2-5,7H2,1H3,(H,18,22)/t10-,13-/m0/s1. The second-order valence-corrected chi connectivity index (χ2v) is 6.91. The maximum atomic E-state index is 12.3. The average molecular weight is 351 g/mol. The van der Waals surface area contributed by atoms with Gasteiger partial charge in [-0.2, -0.15) is 4.98 Å². The van der Waals surface area contributed by atoms with E-state index >= 15 is 0 Å². The summed E-state index contributed by atoms with van der Waals surface area (Å²) in [4.78, 5) is 16.8. The van der Waals surface area contributed by atoms with Gasteiger partial charge >= 0.3 is 0 Å². The molecule has 7 nitrogen and oxygen atoms in total. The van der Waals surface area contributed by atoms with Crippen molar-refractivity contribution in [3.63, 3.8) is 0 Å². The lowest BCUT2D eigenvalue weighted by Crippen LogP contribution is -2.31. The van der Waals surface area contributed by atoms with Gasteiger partial charge in [-0.1, -0.05) is 16.8 Å². The molecule has 1 saturated heterocycles. The lowest BCUT2D eigenvalue weighted by atomic mass is 10.0. The van der Waals surface area contributed by atoms with Crippen molar-refractivity contribution in [3.05, 3.63) is 34.7 Å². The molecule has 1 N–H and O–H groups in total. The minimum atomic E-state index is -0.248. The van der Waals surface area contributed by atoms with Crippen LogP contribution in [0, 0.1) is 5.92 Å². The highest BCUT2D eigenvalue weighted by atomic mass is 35.5. The van der Waals surface area contributed by atoms with Crippen LogP contribution in [0.3, 0.4) is 0 Å². The molecule has 0 unspecified atom stereocenters. The molecule has 1 amide bonds. The van der Waals surface area contributed by atoms with E-state index in [1.165, 1.54) is 0 Å². The zero-order chi connectivity index (χ0) is 16.7. The van der Waals surface area contributed by atoms with Crippen LogP contribution in [0.5, 0.6) is 0 Å². The highest BCUT2D eigenvalue weighted by Gasteiger charge is 2.36. The highest BCUT2D eigenvalue weighted by Crippen LogP contribution is 2.40. The maximum absolute atomic E-state index is 12.3. The minimum Gasteiger partial charge on any atom is -0.368 e. The summed E-state index contributed by atoms with van der Waals surface area (Å²) in [5, 5.41) is 7.54. The third-order valence-electron chi connectivity index (χ3n) is 4.59. The van der Waals surface area contributed by atoms with E-state index in [9.17, 15) is 4.79 Å². The van der Waals surface area contributed by atoms with Crippen molar-refractivity contribution in [2.45, 2.75) is 31.3 Å². The molecule has 1 saturated carbocycles. The van der Waals surface area contributed by atoms with Gasteiger partial charge in [-0.25, -0.2) is 0 Å². The number of nitrogens with one attached hydrogen (secondary N) is 1. The zero-order valence-electron chi connectivity index (χ0n) is 13.4. The van der Waals surface area contributed by atoms with Crippen LogP contribution in [0.2, 0.25) is 5.02 Å². The molecule has 128 valence electrons. The van der Waals surface area contributed by atoms with Gasteiger partial charge in [-0.15, -0.1) is 0 Å². The molecule has 24 heavy (non-hydrogen) atoms. The minimum absolute atomic E-state index is 0.122. The van der Waals surface area contributed by atoms with Crippen LogP contribution in [-0.4, -0.2) is 33.8 Å². The molecular weight excluding hydrogens is 332 g/mol. The Hall–Kier alpha value is -1.86. The van der Waals surface area contributed by atoms with Gasteiger partial charge in [-0.3, -0.25) is 4.79 Å². The summed E-state index contributed by atoms with van der Waals surface area (Å²) in [6.45, 7) is 1.12. The zero-order valence-corrected chi connectivity index (χ0v) is 14.1. The third kappa shape index (κ3) is 3.06.